The maximum Gasteiger partial charge on any atom is 0.260 e. The summed E-state index contributed by atoms with van der Waals surface area (Å²) in [6.07, 6.45) is -2.49. The van der Waals surface area contributed by atoms with Crippen molar-refractivity contribution in [3.8, 4) is 0 Å². The summed E-state index contributed by atoms with van der Waals surface area (Å²) in [6, 6.07) is 9.80. The molecule has 33 heavy (non-hydrogen) atoms. The molecule has 1 saturated heterocycles. The van der Waals surface area contributed by atoms with Gasteiger partial charge in [0.2, 0.25) is 0 Å². The smallest absolute Gasteiger partial charge is 0.260 e. The highest BCUT2D eigenvalue weighted by Gasteiger charge is 2.28. The highest BCUT2D eigenvalue weighted by molar-refractivity contribution is 7.98. The van der Waals surface area contributed by atoms with Gasteiger partial charge in [-0.2, -0.15) is 5.10 Å². The summed E-state index contributed by atoms with van der Waals surface area (Å²) < 4.78 is 58.5. The van der Waals surface area contributed by atoms with Crippen molar-refractivity contribution in [1.29, 1.82) is 0 Å². The zero-order valence-electron chi connectivity index (χ0n) is 18.7. The Balaban J connectivity index is 0.00000149. The van der Waals surface area contributed by atoms with E-state index in [4.69, 9.17) is 0 Å². The number of rotatable bonds is 7. The maximum atomic E-state index is 14.9. The van der Waals surface area contributed by atoms with Crippen molar-refractivity contribution in [3.63, 3.8) is 0 Å². The van der Waals surface area contributed by atoms with Crippen molar-refractivity contribution in [2.24, 2.45) is 5.10 Å². The first-order chi connectivity index (χ1) is 16.0. The quantitative estimate of drug-likeness (QED) is 0.438. The van der Waals surface area contributed by atoms with Crippen molar-refractivity contribution in [3.05, 3.63) is 65.2 Å². The largest absolute Gasteiger partial charge is 0.314 e. The number of alkyl halides is 2. The molecule has 0 aliphatic carbocycles. The van der Waals surface area contributed by atoms with Crippen LogP contribution in [0.5, 0.6) is 0 Å². The second-order valence-corrected chi connectivity index (χ2v) is 8.54. The van der Waals surface area contributed by atoms with Gasteiger partial charge in [-0.1, -0.05) is 32.0 Å². The van der Waals surface area contributed by atoms with E-state index in [1.54, 1.807) is 24.3 Å². The summed E-state index contributed by atoms with van der Waals surface area (Å²) in [5, 5.41) is 7.21. The molecule has 2 aromatic carbocycles. The van der Waals surface area contributed by atoms with Gasteiger partial charge in [-0.25, -0.2) is 21.9 Å². The molecule has 0 amide bonds. The fraction of sp³-hybridized carbons (Fsp3) is 0.435. The van der Waals surface area contributed by atoms with Gasteiger partial charge < -0.3 is 10.7 Å². The van der Waals surface area contributed by atoms with Crippen LogP contribution in [0.3, 0.4) is 0 Å². The van der Waals surface area contributed by atoms with E-state index in [0.29, 0.717) is 22.5 Å². The Hall–Kier alpha value is -2.30. The van der Waals surface area contributed by atoms with E-state index < -0.39 is 18.3 Å². The summed E-state index contributed by atoms with van der Waals surface area (Å²) in [7, 11) is 0. The van der Waals surface area contributed by atoms with Gasteiger partial charge in [-0.15, -0.1) is 0 Å². The Bertz CT molecular complexity index is 937. The van der Waals surface area contributed by atoms with Crippen LogP contribution in [-0.4, -0.2) is 48.7 Å². The molecule has 1 atom stereocenters. The zero-order chi connectivity index (χ0) is 23.8. The van der Waals surface area contributed by atoms with Gasteiger partial charge in [0.1, 0.15) is 17.7 Å². The number of benzene rings is 2. The van der Waals surface area contributed by atoms with E-state index in [0.717, 1.165) is 26.2 Å². The van der Waals surface area contributed by atoms with Gasteiger partial charge in [0.25, 0.3) is 6.43 Å². The second-order valence-electron chi connectivity index (χ2n) is 7.42. The van der Waals surface area contributed by atoms with Crippen LogP contribution in [0.25, 0.3) is 0 Å². The van der Waals surface area contributed by atoms with Gasteiger partial charge in [-0.3, -0.25) is 4.31 Å². The second kappa shape index (κ2) is 12.2. The molecular weight excluding hydrogens is 454 g/mol. The minimum absolute atomic E-state index is 0.0463. The van der Waals surface area contributed by atoms with E-state index in [9.17, 15) is 17.6 Å². The summed E-state index contributed by atoms with van der Waals surface area (Å²) in [4.78, 5) is 0. The molecule has 2 aliphatic heterocycles. The Morgan fingerprint density at radius 1 is 1.12 bits per heavy atom. The van der Waals surface area contributed by atoms with Crippen LogP contribution in [0.15, 0.2) is 47.6 Å². The van der Waals surface area contributed by atoms with Crippen LogP contribution >= 0.6 is 12.1 Å². The molecule has 0 aromatic heterocycles. The third kappa shape index (κ3) is 6.84. The summed E-state index contributed by atoms with van der Waals surface area (Å²) in [5.74, 6) is -0.817. The number of hydrazone groups is 1. The van der Waals surface area contributed by atoms with E-state index in [1.165, 1.54) is 30.3 Å². The van der Waals surface area contributed by atoms with Crippen LogP contribution in [-0.2, 0) is 6.54 Å². The summed E-state index contributed by atoms with van der Waals surface area (Å²) in [6.45, 7) is 7.55. The highest BCUT2D eigenvalue weighted by atomic mass is 32.2. The van der Waals surface area contributed by atoms with Crippen molar-refractivity contribution in [2.45, 2.75) is 39.3 Å². The Morgan fingerprint density at radius 2 is 1.88 bits per heavy atom. The number of piperazine rings is 1. The minimum atomic E-state index is -2.53. The van der Waals surface area contributed by atoms with Gasteiger partial charge in [0.05, 0.1) is 17.9 Å². The fourth-order valence-corrected chi connectivity index (χ4v) is 4.49. The van der Waals surface area contributed by atoms with Gasteiger partial charge in [0.15, 0.2) is 0 Å². The molecule has 2 N–H and O–H groups in total. The first-order valence-corrected chi connectivity index (χ1v) is 11.8. The van der Waals surface area contributed by atoms with Crippen molar-refractivity contribution in [2.75, 3.05) is 30.5 Å². The van der Waals surface area contributed by atoms with Gasteiger partial charge >= 0.3 is 0 Å². The highest BCUT2D eigenvalue weighted by Crippen LogP contribution is 2.29. The molecule has 4 rings (SSSR count). The minimum Gasteiger partial charge on any atom is -0.314 e. The van der Waals surface area contributed by atoms with Crippen molar-refractivity contribution in [1.82, 2.24) is 15.0 Å². The average Bonchev–Trinajstić information content (AvgIpc) is 3.33. The lowest BCUT2D eigenvalue weighted by Crippen LogP contribution is -2.41. The molecule has 2 aromatic rings. The zero-order valence-corrected chi connectivity index (χ0v) is 19.5. The molecule has 0 saturated carbocycles. The molecular formula is C23H29F4N5S. The summed E-state index contributed by atoms with van der Waals surface area (Å²) >= 11 is 1.44. The molecule has 180 valence electrons. The molecule has 1 unspecified atom stereocenters. The third-order valence-corrected chi connectivity index (χ3v) is 6.30. The number of nitrogens with one attached hydrogen (secondary N) is 2. The first-order valence-electron chi connectivity index (χ1n) is 11.1. The lowest BCUT2D eigenvalue weighted by atomic mass is 10.0. The van der Waals surface area contributed by atoms with E-state index in [1.807, 2.05) is 18.2 Å². The molecule has 0 bridgehead atoms. The third-order valence-electron chi connectivity index (χ3n) is 5.17. The predicted octanol–water partition coefficient (Wildman–Crippen LogP) is 4.80. The maximum absolute atomic E-state index is 14.9. The molecule has 0 radical (unpaired) electrons. The van der Waals surface area contributed by atoms with Crippen molar-refractivity contribution < 1.29 is 17.6 Å². The Morgan fingerprint density at radius 3 is 2.52 bits per heavy atom. The normalized spacial score (nSPS) is 18.4. The molecule has 2 aliphatic rings. The standard InChI is InChI=1S/C21H23F4N5S.C2H6/c22-16-2-1-3-17(11-16)30(31-29-8-6-26-7-9-29)13-15-5-4-14(10-18(15)23)19-12-20(21(24)25)28-27-19;1-2/h1-5,10-11,20-21,26,28H,6-9,12-13H2;1-2H3. The average molecular weight is 484 g/mol. The van der Waals surface area contributed by atoms with E-state index in [2.05, 4.69) is 20.1 Å². The van der Waals surface area contributed by atoms with E-state index in [-0.39, 0.29) is 18.8 Å². The molecule has 1 fully saturated rings. The van der Waals surface area contributed by atoms with E-state index >= 15 is 0 Å². The number of nitrogens with zero attached hydrogens (tertiary/aromatic N) is 3. The van der Waals surface area contributed by atoms with Crippen molar-refractivity contribution >= 4 is 23.5 Å². The fourth-order valence-electron chi connectivity index (χ4n) is 3.46. The van der Waals surface area contributed by atoms with Gasteiger partial charge in [-0.05, 0) is 24.3 Å². The SMILES string of the molecule is CC.Fc1cccc(N(Cc2ccc(C3=NNC(C(F)F)C3)cc2F)SN2CCNCC2)c1. The molecule has 0 spiro atoms. The number of halogens is 4. The molecule has 10 heteroatoms. The number of hydrogen-bond acceptors (Lipinski definition) is 6. The number of hydrogen-bond donors (Lipinski definition) is 2. The monoisotopic (exact) mass is 483 g/mol. The molecule has 2 heterocycles. The Kier molecular flexibility index (Phi) is 9.40. The lowest BCUT2D eigenvalue weighted by molar-refractivity contribution is 0.106. The predicted molar refractivity (Wildman–Crippen MR) is 126 cm³/mol. The van der Waals surface area contributed by atoms with Crippen LogP contribution in [0.2, 0.25) is 0 Å². The van der Waals surface area contributed by atoms with Crippen LogP contribution in [0.4, 0.5) is 23.2 Å². The molecule has 5 nitrogen and oxygen atoms in total. The Labute approximate surface area is 196 Å². The van der Waals surface area contributed by atoms with Crippen LogP contribution in [0, 0.1) is 11.6 Å². The first kappa shape index (κ1) is 25.3. The van der Waals surface area contributed by atoms with Crippen LogP contribution < -0.4 is 15.0 Å². The van der Waals surface area contributed by atoms with Gasteiger partial charge in [0, 0.05) is 55.9 Å². The number of anilines is 1. The topological polar surface area (TPSA) is 42.9 Å². The summed E-state index contributed by atoms with van der Waals surface area (Å²) in [5.41, 5.74) is 4.35. The lowest BCUT2D eigenvalue weighted by Gasteiger charge is -2.32. The van der Waals surface area contributed by atoms with Crippen LogP contribution in [0.1, 0.15) is 31.4 Å².